The van der Waals surface area contributed by atoms with Gasteiger partial charge in [0.25, 0.3) is 5.91 Å². The minimum absolute atomic E-state index is 0.0815. The summed E-state index contributed by atoms with van der Waals surface area (Å²) in [5.41, 5.74) is 1.34. The Kier molecular flexibility index (Phi) is 4.02. The van der Waals surface area contributed by atoms with Gasteiger partial charge in [-0.05, 0) is 46.9 Å². The van der Waals surface area contributed by atoms with Gasteiger partial charge in [0, 0.05) is 11.6 Å². The van der Waals surface area contributed by atoms with Gasteiger partial charge in [-0.2, -0.15) is 4.68 Å². The van der Waals surface area contributed by atoms with Gasteiger partial charge in [0.05, 0.1) is 7.11 Å². The molecule has 1 fully saturated rings. The fraction of sp³-hybridized carbons (Fsp3) is 0.500. The Balaban J connectivity index is 1.85. The summed E-state index contributed by atoms with van der Waals surface area (Å²) in [5, 5.41) is 14.3. The molecular weight excluding hydrogens is 294 g/mol. The number of methoxy groups -OCH3 is 1. The number of rotatable bonds is 4. The van der Waals surface area contributed by atoms with E-state index in [4.69, 9.17) is 4.74 Å². The Morgan fingerprint density at radius 3 is 2.87 bits per heavy atom. The smallest absolute Gasteiger partial charge is 0.251 e. The predicted octanol–water partition coefficient (Wildman–Crippen LogP) is 1.98. The molecule has 3 rings (SSSR count). The maximum Gasteiger partial charge on any atom is 0.251 e. The van der Waals surface area contributed by atoms with Crippen molar-refractivity contribution in [3.63, 3.8) is 0 Å². The lowest BCUT2D eigenvalue weighted by Gasteiger charge is -2.27. The Morgan fingerprint density at radius 1 is 1.43 bits per heavy atom. The van der Waals surface area contributed by atoms with Gasteiger partial charge in [0.2, 0.25) is 0 Å². The van der Waals surface area contributed by atoms with E-state index in [2.05, 4.69) is 34.7 Å². The van der Waals surface area contributed by atoms with Crippen molar-refractivity contribution in [1.29, 1.82) is 0 Å². The number of hydrogen-bond acceptors (Lipinski definition) is 5. The van der Waals surface area contributed by atoms with E-state index in [0.717, 1.165) is 19.3 Å². The molecule has 1 N–H and O–H groups in total. The lowest BCUT2D eigenvalue weighted by Crippen LogP contribution is -2.41. The highest BCUT2D eigenvalue weighted by molar-refractivity contribution is 5.95. The van der Waals surface area contributed by atoms with Crippen LogP contribution in [0, 0.1) is 5.41 Å². The molecule has 0 radical (unpaired) electrons. The Labute approximate surface area is 135 Å². The zero-order valence-electron chi connectivity index (χ0n) is 13.6. The maximum absolute atomic E-state index is 12.6. The Morgan fingerprint density at radius 2 is 2.26 bits per heavy atom. The van der Waals surface area contributed by atoms with Crippen LogP contribution in [0.1, 0.15) is 43.5 Å². The van der Waals surface area contributed by atoms with Crippen LogP contribution >= 0.6 is 0 Å². The van der Waals surface area contributed by atoms with Crippen LogP contribution < -0.4 is 10.1 Å². The molecule has 1 amide bonds. The molecule has 1 aromatic heterocycles. The van der Waals surface area contributed by atoms with Crippen molar-refractivity contribution in [3.05, 3.63) is 30.1 Å². The van der Waals surface area contributed by atoms with Crippen molar-refractivity contribution in [2.75, 3.05) is 7.11 Å². The topological polar surface area (TPSA) is 81.9 Å². The highest BCUT2D eigenvalue weighted by Crippen LogP contribution is 2.37. The van der Waals surface area contributed by atoms with Crippen molar-refractivity contribution in [2.45, 2.75) is 39.2 Å². The highest BCUT2D eigenvalue weighted by atomic mass is 16.5. The molecule has 7 heteroatoms. The molecule has 7 nitrogen and oxygen atoms in total. The maximum atomic E-state index is 12.6. The molecule has 1 aromatic carbocycles. The first-order chi connectivity index (χ1) is 11.0. The monoisotopic (exact) mass is 315 g/mol. The van der Waals surface area contributed by atoms with Gasteiger partial charge in [0.15, 0.2) is 0 Å². The van der Waals surface area contributed by atoms with Gasteiger partial charge >= 0.3 is 0 Å². The van der Waals surface area contributed by atoms with Gasteiger partial charge < -0.3 is 10.1 Å². The fourth-order valence-corrected chi connectivity index (χ4v) is 3.12. The van der Waals surface area contributed by atoms with Crippen molar-refractivity contribution >= 4 is 5.91 Å². The predicted molar refractivity (Wildman–Crippen MR) is 84.6 cm³/mol. The second-order valence-corrected chi connectivity index (χ2v) is 6.55. The van der Waals surface area contributed by atoms with E-state index in [0.29, 0.717) is 17.0 Å². The Hall–Kier alpha value is -2.44. The number of carbonyl (C=O) groups excluding carboxylic acids is 1. The average molecular weight is 315 g/mol. The highest BCUT2D eigenvalue weighted by Gasteiger charge is 2.35. The molecule has 1 saturated carbocycles. The van der Waals surface area contributed by atoms with E-state index >= 15 is 0 Å². The normalized spacial score (nSPS) is 19.5. The summed E-state index contributed by atoms with van der Waals surface area (Å²) in [5.74, 6) is 0.525. The quantitative estimate of drug-likeness (QED) is 0.933. The second kappa shape index (κ2) is 5.98. The molecule has 122 valence electrons. The van der Waals surface area contributed by atoms with Crippen molar-refractivity contribution < 1.29 is 9.53 Å². The van der Waals surface area contributed by atoms with E-state index in [9.17, 15) is 4.79 Å². The van der Waals surface area contributed by atoms with Crippen molar-refractivity contribution in [3.8, 4) is 11.4 Å². The summed E-state index contributed by atoms with van der Waals surface area (Å²) in [6, 6.07) is 5.45. The van der Waals surface area contributed by atoms with Crippen LogP contribution in [0.3, 0.4) is 0 Å². The summed E-state index contributed by atoms with van der Waals surface area (Å²) in [4.78, 5) is 12.6. The Bertz CT molecular complexity index is 697. The zero-order valence-corrected chi connectivity index (χ0v) is 13.6. The van der Waals surface area contributed by atoms with Gasteiger partial charge in [-0.1, -0.05) is 20.3 Å². The van der Waals surface area contributed by atoms with Crippen molar-refractivity contribution in [1.82, 2.24) is 25.5 Å². The first-order valence-corrected chi connectivity index (χ1v) is 7.73. The SMILES string of the molecule is COc1ccc(C(=O)NC2CCCC2(C)C)cc1-n1cnnn1. The van der Waals surface area contributed by atoms with Crippen LogP contribution in [0.15, 0.2) is 24.5 Å². The minimum atomic E-state index is -0.0815. The van der Waals surface area contributed by atoms with Gasteiger partial charge in [-0.15, -0.1) is 5.10 Å². The molecule has 23 heavy (non-hydrogen) atoms. The number of hydrogen-bond donors (Lipinski definition) is 1. The van der Waals surface area contributed by atoms with Gasteiger partial charge in [0.1, 0.15) is 17.8 Å². The van der Waals surface area contributed by atoms with Crippen LogP contribution in [0.25, 0.3) is 5.69 Å². The number of ether oxygens (including phenoxy) is 1. The number of amides is 1. The molecule has 1 heterocycles. The van der Waals surface area contributed by atoms with Gasteiger partial charge in [-0.3, -0.25) is 4.79 Å². The molecule has 0 aliphatic heterocycles. The van der Waals surface area contributed by atoms with E-state index in [1.54, 1.807) is 25.3 Å². The van der Waals surface area contributed by atoms with Crippen LogP contribution in [0.4, 0.5) is 0 Å². The third kappa shape index (κ3) is 3.04. The van der Waals surface area contributed by atoms with Crippen LogP contribution in [-0.4, -0.2) is 39.3 Å². The molecule has 1 unspecified atom stereocenters. The summed E-state index contributed by atoms with van der Waals surface area (Å²) < 4.78 is 6.80. The average Bonchev–Trinajstić information content (AvgIpc) is 3.17. The largest absolute Gasteiger partial charge is 0.494 e. The zero-order chi connectivity index (χ0) is 16.4. The summed E-state index contributed by atoms with van der Waals surface area (Å²) in [7, 11) is 1.57. The molecule has 2 aromatic rings. The van der Waals surface area contributed by atoms with Crippen LogP contribution in [0.2, 0.25) is 0 Å². The lowest BCUT2D eigenvalue weighted by molar-refractivity contribution is 0.0910. The van der Waals surface area contributed by atoms with Crippen LogP contribution in [-0.2, 0) is 0 Å². The molecule has 0 spiro atoms. The first-order valence-electron chi connectivity index (χ1n) is 7.73. The number of tetrazole rings is 1. The lowest BCUT2D eigenvalue weighted by atomic mass is 9.87. The molecule has 1 aliphatic carbocycles. The summed E-state index contributed by atoms with van der Waals surface area (Å²) in [6.07, 6.45) is 4.78. The van der Waals surface area contributed by atoms with Gasteiger partial charge in [-0.25, -0.2) is 0 Å². The minimum Gasteiger partial charge on any atom is -0.494 e. The molecule has 1 aliphatic rings. The van der Waals surface area contributed by atoms with Crippen LogP contribution in [0.5, 0.6) is 5.75 Å². The second-order valence-electron chi connectivity index (χ2n) is 6.55. The molecule has 1 atom stereocenters. The van der Waals surface area contributed by atoms with E-state index in [1.807, 2.05) is 0 Å². The number of benzene rings is 1. The molecule has 0 saturated heterocycles. The molecular formula is C16H21N5O2. The summed E-state index contributed by atoms with van der Waals surface area (Å²) in [6.45, 7) is 4.40. The van der Waals surface area contributed by atoms with Crippen molar-refractivity contribution in [2.24, 2.45) is 5.41 Å². The fourth-order valence-electron chi connectivity index (χ4n) is 3.12. The standard InChI is InChI=1S/C16H21N5O2/c1-16(2)8-4-5-14(16)18-15(22)11-6-7-13(23-3)12(9-11)21-10-17-19-20-21/h6-7,9-10,14H,4-5,8H2,1-3H3,(H,18,22). The first kappa shape index (κ1) is 15.5. The third-order valence-electron chi connectivity index (χ3n) is 4.60. The molecule has 0 bridgehead atoms. The third-order valence-corrected chi connectivity index (χ3v) is 4.60. The number of nitrogens with one attached hydrogen (secondary N) is 1. The number of aromatic nitrogens is 4. The number of nitrogens with zero attached hydrogens (tertiary/aromatic N) is 4. The van der Waals surface area contributed by atoms with E-state index in [-0.39, 0.29) is 17.4 Å². The van der Waals surface area contributed by atoms with E-state index < -0.39 is 0 Å². The van der Waals surface area contributed by atoms with E-state index in [1.165, 1.54) is 11.0 Å². The summed E-state index contributed by atoms with van der Waals surface area (Å²) >= 11 is 0. The number of carbonyl (C=O) groups is 1.